The summed E-state index contributed by atoms with van der Waals surface area (Å²) in [6.07, 6.45) is 1.34. The molecule has 1 N–H and O–H groups in total. The predicted octanol–water partition coefficient (Wildman–Crippen LogP) is 1.75. The van der Waals surface area contributed by atoms with Crippen molar-refractivity contribution in [2.24, 2.45) is 0 Å². The van der Waals surface area contributed by atoms with Crippen LogP contribution < -0.4 is 5.32 Å². The zero-order valence-electron chi connectivity index (χ0n) is 9.87. The molecule has 0 heterocycles. The standard InChI is InChI=1S/C11H22N2O/c1-7-11(14)12-10(6)13(8(2)3)9(4)5/h7-10H,1H2,2-6H3,(H,12,14). The van der Waals surface area contributed by atoms with Crippen LogP contribution in [0.25, 0.3) is 0 Å². The molecule has 0 aliphatic rings. The van der Waals surface area contributed by atoms with Gasteiger partial charge in [0.2, 0.25) is 5.91 Å². The van der Waals surface area contributed by atoms with Gasteiger partial charge in [-0.15, -0.1) is 0 Å². The first-order valence-corrected chi connectivity index (χ1v) is 5.10. The van der Waals surface area contributed by atoms with Gasteiger partial charge in [0.25, 0.3) is 0 Å². The third kappa shape index (κ3) is 3.92. The van der Waals surface area contributed by atoms with Gasteiger partial charge in [0.1, 0.15) is 0 Å². The van der Waals surface area contributed by atoms with Crippen LogP contribution in [0, 0.1) is 0 Å². The lowest BCUT2D eigenvalue weighted by Crippen LogP contribution is -2.51. The van der Waals surface area contributed by atoms with Crippen LogP contribution in [0.1, 0.15) is 34.6 Å². The highest BCUT2D eigenvalue weighted by Gasteiger charge is 2.20. The van der Waals surface area contributed by atoms with Gasteiger partial charge in [0.15, 0.2) is 0 Å². The normalized spacial score (nSPS) is 13.4. The Morgan fingerprint density at radius 1 is 1.21 bits per heavy atom. The third-order valence-corrected chi connectivity index (χ3v) is 2.18. The minimum absolute atomic E-state index is 0.0421. The summed E-state index contributed by atoms with van der Waals surface area (Å²) >= 11 is 0. The Morgan fingerprint density at radius 3 is 1.93 bits per heavy atom. The average Bonchev–Trinajstić information content (AvgIpc) is 2.02. The van der Waals surface area contributed by atoms with Gasteiger partial charge in [0.05, 0.1) is 6.17 Å². The van der Waals surface area contributed by atoms with Crippen LogP contribution in [0.2, 0.25) is 0 Å². The van der Waals surface area contributed by atoms with Gasteiger partial charge in [-0.3, -0.25) is 9.69 Å². The Hall–Kier alpha value is -0.830. The molecule has 0 radical (unpaired) electrons. The summed E-state index contributed by atoms with van der Waals surface area (Å²) in [4.78, 5) is 13.4. The van der Waals surface area contributed by atoms with Gasteiger partial charge in [0, 0.05) is 12.1 Å². The molecule has 1 atom stereocenters. The first-order valence-electron chi connectivity index (χ1n) is 5.10. The average molecular weight is 198 g/mol. The van der Waals surface area contributed by atoms with E-state index in [4.69, 9.17) is 0 Å². The molecule has 14 heavy (non-hydrogen) atoms. The van der Waals surface area contributed by atoms with Gasteiger partial charge in [-0.25, -0.2) is 0 Å². The van der Waals surface area contributed by atoms with Crippen molar-refractivity contribution in [3.05, 3.63) is 12.7 Å². The molecule has 0 saturated carbocycles. The molecule has 1 unspecified atom stereocenters. The Morgan fingerprint density at radius 2 is 1.64 bits per heavy atom. The molecule has 0 bridgehead atoms. The Balaban J connectivity index is 4.36. The van der Waals surface area contributed by atoms with E-state index < -0.39 is 0 Å². The van der Waals surface area contributed by atoms with Crippen molar-refractivity contribution in [3.8, 4) is 0 Å². The maximum Gasteiger partial charge on any atom is 0.244 e. The fourth-order valence-electron chi connectivity index (χ4n) is 1.83. The molecule has 0 fully saturated rings. The largest absolute Gasteiger partial charge is 0.337 e. The van der Waals surface area contributed by atoms with Gasteiger partial charge in [-0.1, -0.05) is 6.58 Å². The maximum atomic E-state index is 11.1. The van der Waals surface area contributed by atoms with Crippen LogP contribution >= 0.6 is 0 Å². The highest BCUT2D eigenvalue weighted by atomic mass is 16.1. The van der Waals surface area contributed by atoms with Crippen molar-refractivity contribution in [2.45, 2.75) is 52.9 Å². The van der Waals surface area contributed by atoms with E-state index in [1.54, 1.807) is 0 Å². The fraction of sp³-hybridized carbons (Fsp3) is 0.727. The minimum Gasteiger partial charge on any atom is -0.337 e. The van der Waals surface area contributed by atoms with Gasteiger partial charge >= 0.3 is 0 Å². The van der Waals surface area contributed by atoms with Crippen molar-refractivity contribution in [3.63, 3.8) is 0 Å². The van der Waals surface area contributed by atoms with E-state index >= 15 is 0 Å². The monoisotopic (exact) mass is 198 g/mol. The topological polar surface area (TPSA) is 32.3 Å². The summed E-state index contributed by atoms with van der Waals surface area (Å²) in [6.45, 7) is 13.9. The van der Waals surface area contributed by atoms with Gasteiger partial charge in [-0.05, 0) is 40.7 Å². The molecule has 3 heteroatoms. The highest BCUT2D eigenvalue weighted by molar-refractivity contribution is 5.86. The number of carbonyl (C=O) groups excluding carboxylic acids is 1. The van der Waals surface area contributed by atoms with E-state index in [0.29, 0.717) is 12.1 Å². The molecule has 0 aromatic carbocycles. The van der Waals surface area contributed by atoms with Gasteiger partial charge < -0.3 is 5.32 Å². The van der Waals surface area contributed by atoms with E-state index in [-0.39, 0.29) is 12.1 Å². The van der Waals surface area contributed by atoms with E-state index in [1.807, 2.05) is 6.92 Å². The number of nitrogens with zero attached hydrogens (tertiary/aromatic N) is 1. The zero-order valence-corrected chi connectivity index (χ0v) is 9.87. The van der Waals surface area contributed by atoms with Crippen molar-refractivity contribution < 1.29 is 4.79 Å². The minimum atomic E-state index is -0.121. The number of rotatable bonds is 5. The summed E-state index contributed by atoms with van der Waals surface area (Å²) in [6, 6.07) is 0.824. The van der Waals surface area contributed by atoms with Crippen LogP contribution in [0.5, 0.6) is 0 Å². The van der Waals surface area contributed by atoms with Crippen LogP contribution in [-0.4, -0.2) is 29.1 Å². The van der Waals surface area contributed by atoms with Crippen LogP contribution in [-0.2, 0) is 4.79 Å². The predicted molar refractivity (Wildman–Crippen MR) is 59.9 cm³/mol. The Kier molecular flexibility index (Phi) is 5.46. The number of hydrogen-bond donors (Lipinski definition) is 1. The van der Waals surface area contributed by atoms with Crippen molar-refractivity contribution >= 4 is 5.91 Å². The second kappa shape index (κ2) is 5.81. The van der Waals surface area contributed by atoms with E-state index in [2.05, 4.69) is 44.5 Å². The van der Waals surface area contributed by atoms with E-state index in [0.717, 1.165) is 0 Å². The lowest BCUT2D eigenvalue weighted by molar-refractivity contribution is -0.118. The summed E-state index contributed by atoms with van der Waals surface area (Å²) in [7, 11) is 0. The summed E-state index contributed by atoms with van der Waals surface area (Å²) in [5.41, 5.74) is 0. The SMILES string of the molecule is C=CC(=O)NC(C)N(C(C)C)C(C)C. The smallest absolute Gasteiger partial charge is 0.244 e. The lowest BCUT2D eigenvalue weighted by atomic mass is 10.2. The molecule has 0 spiro atoms. The molecule has 0 aliphatic heterocycles. The first-order chi connectivity index (χ1) is 6.40. The molecule has 0 aromatic rings. The molecule has 3 nitrogen and oxygen atoms in total. The number of amides is 1. The number of nitrogens with one attached hydrogen (secondary N) is 1. The molecule has 0 rings (SSSR count). The zero-order chi connectivity index (χ0) is 11.3. The molecule has 0 saturated heterocycles. The highest BCUT2D eigenvalue weighted by Crippen LogP contribution is 2.08. The van der Waals surface area contributed by atoms with Crippen molar-refractivity contribution in [1.82, 2.24) is 10.2 Å². The van der Waals surface area contributed by atoms with Crippen molar-refractivity contribution in [1.29, 1.82) is 0 Å². The third-order valence-electron chi connectivity index (χ3n) is 2.18. The summed E-state index contributed by atoms with van der Waals surface area (Å²) < 4.78 is 0. The van der Waals surface area contributed by atoms with Crippen molar-refractivity contribution in [2.75, 3.05) is 0 Å². The fourth-order valence-corrected chi connectivity index (χ4v) is 1.83. The van der Waals surface area contributed by atoms with Gasteiger partial charge in [-0.2, -0.15) is 0 Å². The quantitative estimate of drug-likeness (QED) is 0.539. The summed E-state index contributed by atoms with van der Waals surface area (Å²) in [5.74, 6) is -0.121. The summed E-state index contributed by atoms with van der Waals surface area (Å²) in [5, 5.41) is 2.86. The Labute approximate surface area is 87.2 Å². The van der Waals surface area contributed by atoms with Crippen LogP contribution in [0.3, 0.4) is 0 Å². The first kappa shape index (κ1) is 13.2. The van der Waals surface area contributed by atoms with E-state index in [1.165, 1.54) is 6.08 Å². The number of carbonyl (C=O) groups is 1. The second-order valence-corrected chi connectivity index (χ2v) is 4.02. The molecular weight excluding hydrogens is 176 g/mol. The molecule has 0 aromatic heterocycles. The molecule has 1 amide bonds. The van der Waals surface area contributed by atoms with E-state index in [9.17, 15) is 4.79 Å². The Bertz CT molecular complexity index is 191. The van der Waals surface area contributed by atoms with Crippen LogP contribution in [0.4, 0.5) is 0 Å². The molecular formula is C11H22N2O. The van der Waals surface area contributed by atoms with Crippen LogP contribution in [0.15, 0.2) is 12.7 Å². The lowest BCUT2D eigenvalue weighted by Gasteiger charge is -2.36. The molecule has 0 aliphatic carbocycles. The number of hydrogen-bond acceptors (Lipinski definition) is 2. The second-order valence-electron chi connectivity index (χ2n) is 4.02. The maximum absolute atomic E-state index is 11.1. The molecule has 82 valence electrons.